The molecule has 1 amide bonds. The number of carbonyl (C=O) groups is 1. The number of fused-ring (bicyclic) bond motifs is 1. The Morgan fingerprint density at radius 3 is 2.67 bits per heavy atom. The lowest BCUT2D eigenvalue weighted by atomic mass is 10.2. The van der Waals surface area contributed by atoms with Gasteiger partial charge in [0.2, 0.25) is 10.0 Å². The summed E-state index contributed by atoms with van der Waals surface area (Å²) < 4.78 is 23.9. The molecule has 1 aliphatic rings. The zero-order valence-electron chi connectivity index (χ0n) is 12.6. The van der Waals surface area contributed by atoms with Gasteiger partial charge in [-0.2, -0.15) is 0 Å². The van der Waals surface area contributed by atoms with E-state index in [2.05, 4.69) is 15.9 Å². The second-order valence-corrected chi connectivity index (χ2v) is 7.85. The summed E-state index contributed by atoms with van der Waals surface area (Å²) in [5.74, 6) is -0.198. The molecule has 2 aromatic rings. The van der Waals surface area contributed by atoms with Crippen molar-refractivity contribution in [2.24, 2.45) is 5.14 Å². The van der Waals surface area contributed by atoms with E-state index >= 15 is 0 Å². The van der Waals surface area contributed by atoms with E-state index in [0.29, 0.717) is 18.7 Å². The Labute approximate surface area is 149 Å². The van der Waals surface area contributed by atoms with Gasteiger partial charge >= 0.3 is 0 Å². The van der Waals surface area contributed by atoms with Crippen molar-refractivity contribution in [1.29, 1.82) is 0 Å². The number of primary sulfonamides is 1. The van der Waals surface area contributed by atoms with E-state index in [0.717, 1.165) is 15.6 Å². The molecule has 24 heavy (non-hydrogen) atoms. The number of rotatable bonds is 3. The summed E-state index contributed by atoms with van der Waals surface area (Å²) in [6.45, 7) is 0.516. The van der Waals surface area contributed by atoms with Gasteiger partial charge in [-0.05, 0) is 41.8 Å². The van der Waals surface area contributed by atoms with Gasteiger partial charge in [0.05, 0.1) is 4.90 Å². The monoisotopic (exact) mass is 406 g/mol. The van der Waals surface area contributed by atoms with Gasteiger partial charge in [0, 0.05) is 22.8 Å². The molecule has 0 radical (unpaired) electrons. The molecule has 0 aromatic heterocycles. The highest BCUT2D eigenvalue weighted by Crippen LogP contribution is 2.30. The van der Waals surface area contributed by atoms with Gasteiger partial charge in [0.1, 0.15) is 0 Å². The first-order valence-electron chi connectivity index (χ1n) is 7.26. The number of amides is 1. The quantitative estimate of drug-likeness (QED) is 0.795. The first kappa shape index (κ1) is 16.9. The topological polar surface area (TPSA) is 80.5 Å². The molecule has 5 nitrogen and oxygen atoms in total. The third-order valence-electron chi connectivity index (χ3n) is 3.86. The first-order valence-corrected chi connectivity index (χ1v) is 9.60. The van der Waals surface area contributed by atoms with Crippen LogP contribution in [-0.2, 0) is 21.2 Å². The van der Waals surface area contributed by atoms with Crippen molar-refractivity contribution < 1.29 is 13.2 Å². The standard InChI is InChI=1S/C17H15BrN2O3S/c18-15-4-2-1-3-12(15)6-8-17(21)20-10-9-13-5-7-14(11-16(13)20)24(19,22)23/h1-8,11H,9-10H2,(H2,19,22,23)/b8-6+. The van der Waals surface area contributed by atoms with Gasteiger partial charge in [-0.3, -0.25) is 4.79 Å². The molecule has 2 N–H and O–H groups in total. The number of benzene rings is 2. The van der Waals surface area contributed by atoms with E-state index in [4.69, 9.17) is 5.14 Å². The maximum absolute atomic E-state index is 12.5. The van der Waals surface area contributed by atoms with Crippen molar-refractivity contribution in [3.63, 3.8) is 0 Å². The van der Waals surface area contributed by atoms with Crippen molar-refractivity contribution >= 4 is 43.6 Å². The van der Waals surface area contributed by atoms with Crippen LogP contribution in [0.5, 0.6) is 0 Å². The summed E-state index contributed by atoms with van der Waals surface area (Å²) in [5, 5.41) is 5.17. The van der Waals surface area contributed by atoms with Crippen LogP contribution in [0.3, 0.4) is 0 Å². The molecule has 0 bridgehead atoms. The summed E-state index contributed by atoms with van der Waals surface area (Å²) in [4.78, 5) is 14.1. The highest BCUT2D eigenvalue weighted by Gasteiger charge is 2.25. The number of nitrogens with two attached hydrogens (primary N) is 1. The van der Waals surface area contributed by atoms with Gasteiger partial charge in [-0.1, -0.05) is 40.2 Å². The number of carbonyl (C=O) groups excluding carboxylic acids is 1. The number of hydrogen-bond donors (Lipinski definition) is 1. The lowest BCUT2D eigenvalue weighted by Crippen LogP contribution is -2.27. The molecule has 2 aromatic carbocycles. The molecule has 3 rings (SSSR count). The van der Waals surface area contributed by atoms with Crippen LogP contribution in [-0.4, -0.2) is 20.9 Å². The molecule has 124 valence electrons. The smallest absolute Gasteiger partial charge is 0.251 e. The molecular weight excluding hydrogens is 392 g/mol. The number of anilines is 1. The molecule has 0 atom stereocenters. The Morgan fingerprint density at radius 1 is 1.21 bits per heavy atom. The Hall–Kier alpha value is -1.96. The molecule has 1 aliphatic heterocycles. The molecule has 1 heterocycles. The van der Waals surface area contributed by atoms with Gasteiger partial charge < -0.3 is 4.90 Å². The van der Waals surface area contributed by atoms with Crippen LogP contribution in [0.25, 0.3) is 6.08 Å². The second-order valence-electron chi connectivity index (χ2n) is 5.43. The lowest BCUT2D eigenvalue weighted by molar-refractivity contribution is -0.114. The van der Waals surface area contributed by atoms with E-state index in [-0.39, 0.29) is 10.8 Å². The van der Waals surface area contributed by atoms with Crippen LogP contribution < -0.4 is 10.0 Å². The van der Waals surface area contributed by atoms with E-state index in [1.54, 1.807) is 17.0 Å². The maximum atomic E-state index is 12.5. The SMILES string of the molecule is NS(=O)(=O)c1ccc2c(c1)N(C(=O)/C=C/c1ccccc1Br)CC2. The van der Waals surface area contributed by atoms with Crippen LogP contribution in [0.15, 0.2) is 57.9 Å². The summed E-state index contributed by atoms with van der Waals surface area (Å²) in [7, 11) is -3.80. The largest absolute Gasteiger partial charge is 0.308 e. The molecule has 0 aliphatic carbocycles. The van der Waals surface area contributed by atoms with Crippen LogP contribution in [0.4, 0.5) is 5.69 Å². The van der Waals surface area contributed by atoms with Crippen LogP contribution in [0.1, 0.15) is 11.1 Å². The number of hydrogen-bond acceptors (Lipinski definition) is 3. The van der Waals surface area contributed by atoms with E-state index in [1.165, 1.54) is 18.2 Å². The summed E-state index contributed by atoms with van der Waals surface area (Å²) in [5.41, 5.74) is 2.43. The highest BCUT2D eigenvalue weighted by atomic mass is 79.9. The normalized spacial score (nSPS) is 14.2. The summed E-state index contributed by atoms with van der Waals surface area (Å²) >= 11 is 3.43. The fourth-order valence-electron chi connectivity index (χ4n) is 2.63. The number of sulfonamides is 1. The molecule has 0 fully saturated rings. The average molecular weight is 407 g/mol. The van der Waals surface area contributed by atoms with Crippen molar-refractivity contribution in [3.05, 3.63) is 64.1 Å². The zero-order chi connectivity index (χ0) is 17.3. The lowest BCUT2D eigenvalue weighted by Gasteiger charge is -2.15. The van der Waals surface area contributed by atoms with Crippen LogP contribution in [0.2, 0.25) is 0 Å². The molecule has 0 saturated heterocycles. The fraction of sp³-hybridized carbons (Fsp3) is 0.118. The van der Waals surface area contributed by atoms with Crippen LogP contribution in [0, 0.1) is 0 Å². The minimum atomic E-state index is -3.80. The number of halogens is 1. The van der Waals surface area contributed by atoms with Crippen molar-refractivity contribution in [2.45, 2.75) is 11.3 Å². The predicted octanol–water partition coefficient (Wildman–Crippen LogP) is 2.70. The average Bonchev–Trinajstić information content (AvgIpc) is 2.96. The van der Waals surface area contributed by atoms with Gasteiger partial charge in [-0.15, -0.1) is 0 Å². The molecule has 7 heteroatoms. The molecule has 0 spiro atoms. The second kappa shape index (κ2) is 6.51. The van der Waals surface area contributed by atoms with Crippen LogP contribution >= 0.6 is 15.9 Å². The van der Waals surface area contributed by atoms with Gasteiger partial charge in [0.25, 0.3) is 5.91 Å². The highest BCUT2D eigenvalue weighted by molar-refractivity contribution is 9.10. The predicted molar refractivity (Wildman–Crippen MR) is 97.0 cm³/mol. The van der Waals surface area contributed by atoms with Crippen molar-refractivity contribution in [2.75, 3.05) is 11.4 Å². The van der Waals surface area contributed by atoms with Crippen molar-refractivity contribution in [1.82, 2.24) is 0 Å². The summed E-state index contributed by atoms with van der Waals surface area (Å²) in [6.07, 6.45) is 3.90. The minimum Gasteiger partial charge on any atom is -0.308 e. The third-order valence-corrected chi connectivity index (χ3v) is 5.49. The Morgan fingerprint density at radius 2 is 1.96 bits per heavy atom. The zero-order valence-corrected chi connectivity index (χ0v) is 15.0. The summed E-state index contributed by atoms with van der Waals surface area (Å²) in [6, 6.07) is 12.2. The maximum Gasteiger partial charge on any atom is 0.251 e. The van der Waals surface area contributed by atoms with E-state index in [9.17, 15) is 13.2 Å². The Bertz CT molecular complexity index is 939. The van der Waals surface area contributed by atoms with Gasteiger partial charge in [-0.25, -0.2) is 13.6 Å². The fourth-order valence-corrected chi connectivity index (χ4v) is 3.58. The van der Waals surface area contributed by atoms with Crippen molar-refractivity contribution in [3.8, 4) is 0 Å². The van der Waals surface area contributed by atoms with E-state index < -0.39 is 10.0 Å². The minimum absolute atomic E-state index is 0.00994. The number of nitrogens with zero attached hydrogens (tertiary/aromatic N) is 1. The molecular formula is C17H15BrN2O3S. The Kier molecular flexibility index (Phi) is 4.58. The molecule has 0 saturated carbocycles. The van der Waals surface area contributed by atoms with Gasteiger partial charge in [0.15, 0.2) is 0 Å². The third kappa shape index (κ3) is 3.43. The molecule has 0 unspecified atom stereocenters. The van der Waals surface area contributed by atoms with E-state index in [1.807, 2.05) is 24.3 Å². The first-order chi connectivity index (χ1) is 11.4. The Balaban J connectivity index is 1.88.